The second kappa shape index (κ2) is 5.94. The molecule has 6 nitrogen and oxygen atoms in total. The van der Waals surface area contributed by atoms with Crippen molar-refractivity contribution in [3.05, 3.63) is 0 Å². The monoisotopic (exact) mass is 317 g/mol. The van der Waals surface area contributed by atoms with E-state index in [-0.39, 0.29) is 29.9 Å². The lowest BCUT2D eigenvalue weighted by Gasteiger charge is -2.20. The molecule has 0 spiro atoms. The van der Waals surface area contributed by atoms with Gasteiger partial charge in [0.05, 0.1) is 16.4 Å². The Balaban J connectivity index is 1.87. The maximum absolute atomic E-state index is 12.1. The minimum Gasteiger partial charge on any atom is -0.481 e. The molecule has 2 aliphatic rings. The molecule has 0 aromatic rings. The van der Waals surface area contributed by atoms with Crippen LogP contribution in [0.3, 0.4) is 0 Å². The average molecular weight is 317 g/mol. The second-order valence-electron chi connectivity index (χ2n) is 6.45. The summed E-state index contributed by atoms with van der Waals surface area (Å²) in [7, 11) is -3.19. The SMILES string of the molecule is C[C@@]1(C(=O)O)CCN(C(=O)CCS(=O)(=O)C2CCCC2)C1. The van der Waals surface area contributed by atoms with Crippen molar-refractivity contribution in [1.82, 2.24) is 4.90 Å². The molecule has 1 heterocycles. The van der Waals surface area contributed by atoms with Gasteiger partial charge in [-0.2, -0.15) is 0 Å². The van der Waals surface area contributed by atoms with Crippen LogP contribution in [0.15, 0.2) is 0 Å². The lowest BCUT2D eigenvalue weighted by molar-refractivity contribution is -0.147. The van der Waals surface area contributed by atoms with Gasteiger partial charge in [0.2, 0.25) is 5.91 Å². The molecule has 1 saturated heterocycles. The number of likely N-dealkylation sites (tertiary alicyclic amines) is 1. The summed E-state index contributed by atoms with van der Waals surface area (Å²) in [5, 5.41) is 8.86. The molecule has 120 valence electrons. The average Bonchev–Trinajstić information content (AvgIpc) is 3.06. The Bertz CT molecular complexity index is 523. The van der Waals surface area contributed by atoms with Gasteiger partial charge in [0.15, 0.2) is 9.84 Å². The minimum absolute atomic E-state index is 0.0332. The summed E-state index contributed by atoms with van der Waals surface area (Å²) in [6, 6.07) is 0. The Morgan fingerprint density at radius 1 is 1.29 bits per heavy atom. The number of carboxylic acids is 1. The smallest absolute Gasteiger partial charge is 0.311 e. The maximum atomic E-state index is 12.1. The number of amides is 1. The van der Waals surface area contributed by atoms with E-state index in [0.717, 1.165) is 12.8 Å². The molecule has 0 aromatic carbocycles. The fraction of sp³-hybridized carbons (Fsp3) is 0.857. The van der Waals surface area contributed by atoms with Crippen LogP contribution in [-0.2, 0) is 19.4 Å². The predicted molar refractivity (Wildman–Crippen MR) is 77.6 cm³/mol. The van der Waals surface area contributed by atoms with E-state index in [1.165, 1.54) is 4.90 Å². The number of carbonyl (C=O) groups is 2. The third-order valence-corrected chi connectivity index (χ3v) is 7.01. The quantitative estimate of drug-likeness (QED) is 0.818. The van der Waals surface area contributed by atoms with Crippen molar-refractivity contribution in [2.24, 2.45) is 5.41 Å². The highest BCUT2D eigenvalue weighted by molar-refractivity contribution is 7.92. The number of aliphatic carboxylic acids is 1. The molecule has 1 atom stereocenters. The number of nitrogens with zero attached hydrogens (tertiary/aromatic N) is 1. The zero-order valence-corrected chi connectivity index (χ0v) is 13.2. The summed E-state index contributed by atoms with van der Waals surface area (Å²) >= 11 is 0. The number of carbonyl (C=O) groups excluding carboxylic acids is 1. The number of sulfone groups is 1. The molecular formula is C14H23NO5S. The van der Waals surface area contributed by atoms with Crippen LogP contribution >= 0.6 is 0 Å². The van der Waals surface area contributed by atoms with Crippen LogP contribution in [0.5, 0.6) is 0 Å². The van der Waals surface area contributed by atoms with Gasteiger partial charge < -0.3 is 10.0 Å². The molecular weight excluding hydrogens is 294 g/mol. The fourth-order valence-corrected chi connectivity index (χ4v) is 4.99. The van der Waals surface area contributed by atoms with Gasteiger partial charge >= 0.3 is 5.97 Å². The molecule has 1 aliphatic carbocycles. The Hall–Kier alpha value is -1.11. The zero-order chi connectivity index (χ0) is 15.7. The first-order valence-electron chi connectivity index (χ1n) is 7.47. The highest BCUT2D eigenvalue weighted by atomic mass is 32.2. The third-order valence-electron chi connectivity index (χ3n) is 4.75. The molecule has 1 aliphatic heterocycles. The van der Waals surface area contributed by atoms with Gasteiger partial charge in [-0.05, 0) is 26.2 Å². The molecule has 1 amide bonds. The van der Waals surface area contributed by atoms with Crippen molar-refractivity contribution in [2.45, 2.75) is 50.7 Å². The van der Waals surface area contributed by atoms with Crippen LogP contribution in [0.25, 0.3) is 0 Å². The van der Waals surface area contributed by atoms with Crippen molar-refractivity contribution >= 4 is 21.7 Å². The van der Waals surface area contributed by atoms with Crippen LogP contribution in [-0.4, -0.2) is 54.4 Å². The van der Waals surface area contributed by atoms with E-state index >= 15 is 0 Å². The van der Waals surface area contributed by atoms with Crippen LogP contribution in [0.1, 0.15) is 45.4 Å². The number of hydrogen-bond acceptors (Lipinski definition) is 4. The van der Waals surface area contributed by atoms with Crippen molar-refractivity contribution in [3.8, 4) is 0 Å². The molecule has 7 heteroatoms. The van der Waals surface area contributed by atoms with E-state index in [4.69, 9.17) is 5.11 Å². The zero-order valence-electron chi connectivity index (χ0n) is 12.4. The van der Waals surface area contributed by atoms with Crippen molar-refractivity contribution in [1.29, 1.82) is 0 Å². The summed E-state index contributed by atoms with van der Waals surface area (Å²) in [4.78, 5) is 24.7. The Kier molecular flexibility index (Phi) is 4.60. The molecule has 1 N–H and O–H groups in total. The first kappa shape index (κ1) is 16.3. The molecule has 21 heavy (non-hydrogen) atoms. The molecule has 0 radical (unpaired) electrons. The number of hydrogen-bond donors (Lipinski definition) is 1. The largest absolute Gasteiger partial charge is 0.481 e. The highest BCUT2D eigenvalue weighted by Gasteiger charge is 2.42. The van der Waals surface area contributed by atoms with Gasteiger partial charge in [-0.3, -0.25) is 9.59 Å². The van der Waals surface area contributed by atoms with Gasteiger partial charge in [-0.1, -0.05) is 12.8 Å². The summed E-state index contributed by atoms with van der Waals surface area (Å²) in [6.45, 7) is 2.19. The molecule has 2 rings (SSSR count). The minimum atomic E-state index is -3.19. The standard InChI is InChI=1S/C14H23NO5S/c1-14(13(17)18)7-8-15(10-14)12(16)6-9-21(19,20)11-4-2-3-5-11/h11H,2-10H2,1H3,(H,17,18)/t14-/m1/s1. The third kappa shape index (κ3) is 3.56. The highest BCUT2D eigenvalue weighted by Crippen LogP contribution is 2.31. The summed E-state index contributed by atoms with van der Waals surface area (Å²) in [6.07, 6.45) is 3.69. The van der Waals surface area contributed by atoms with E-state index in [1.807, 2.05) is 0 Å². The first-order valence-corrected chi connectivity index (χ1v) is 9.19. The Labute approximate surface area is 125 Å². The molecule has 0 unspecified atom stereocenters. The second-order valence-corrected chi connectivity index (χ2v) is 8.86. The normalized spacial score (nSPS) is 27.2. The summed E-state index contributed by atoms with van der Waals surface area (Å²) < 4.78 is 24.2. The van der Waals surface area contributed by atoms with Crippen molar-refractivity contribution in [2.75, 3.05) is 18.8 Å². The number of carboxylic acid groups (broad SMARTS) is 1. The van der Waals surface area contributed by atoms with Crippen molar-refractivity contribution in [3.63, 3.8) is 0 Å². The van der Waals surface area contributed by atoms with Gasteiger partial charge in [0, 0.05) is 19.5 Å². The number of rotatable bonds is 5. The molecule has 0 bridgehead atoms. The van der Waals surface area contributed by atoms with Gasteiger partial charge in [-0.15, -0.1) is 0 Å². The van der Waals surface area contributed by atoms with E-state index in [9.17, 15) is 18.0 Å². The Morgan fingerprint density at radius 2 is 1.90 bits per heavy atom. The van der Waals surface area contributed by atoms with Gasteiger partial charge in [0.1, 0.15) is 0 Å². The summed E-state index contributed by atoms with van der Waals surface area (Å²) in [5.41, 5.74) is -0.903. The lowest BCUT2D eigenvalue weighted by Crippen LogP contribution is -2.36. The molecule has 2 fully saturated rings. The maximum Gasteiger partial charge on any atom is 0.311 e. The fourth-order valence-electron chi connectivity index (χ4n) is 3.15. The Morgan fingerprint density at radius 3 is 2.43 bits per heavy atom. The van der Waals surface area contributed by atoms with Crippen molar-refractivity contribution < 1.29 is 23.1 Å². The van der Waals surface area contributed by atoms with E-state index in [1.54, 1.807) is 6.92 Å². The van der Waals surface area contributed by atoms with E-state index < -0.39 is 21.2 Å². The van der Waals surface area contributed by atoms with Crippen LogP contribution in [0.2, 0.25) is 0 Å². The van der Waals surface area contributed by atoms with Crippen LogP contribution < -0.4 is 0 Å². The van der Waals surface area contributed by atoms with Crippen LogP contribution in [0, 0.1) is 5.41 Å². The van der Waals surface area contributed by atoms with E-state index in [0.29, 0.717) is 25.8 Å². The molecule has 0 aromatic heterocycles. The molecule has 1 saturated carbocycles. The lowest BCUT2D eigenvalue weighted by atomic mass is 9.90. The van der Waals surface area contributed by atoms with Gasteiger partial charge in [0.25, 0.3) is 0 Å². The summed E-state index contributed by atoms with van der Waals surface area (Å²) in [5.74, 6) is -1.27. The van der Waals surface area contributed by atoms with Crippen LogP contribution in [0.4, 0.5) is 0 Å². The predicted octanol–water partition coefficient (Wildman–Crippen LogP) is 1.06. The topological polar surface area (TPSA) is 91.8 Å². The van der Waals surface area contributed by atoms with Gasteiger partial charge in [-0.25, -0.2) is 8.42 Å². The first-order chi connectivity index (χ1) is 9.74. The van der Waals surface area contributed by atoms with E-state index in [2.05, 4.69) is 0 Å².